The largest absolute Gasteiger partial charge is 0.370 e. The van der Waals surface area contributed by atoms with Crippen molar-refractivity contribution >= 4 is 17.4 Å². The lowest BCUT2D eigenvalue weighted by Gasteiger charge is -2.15. The van der Waals surface area contributed by atoms with Gasteiger partial charge in [0.05, 0.1) is 0 Å². The van der Waals surface area contributed by atoms with Crippen LogP contribution in [-0.4, -0.2) is 18.5 Å². The van der Waals surface area contributed by atoms with E-state index in [1.165, 1.54) is 0 Å². The summed E-state index contributed by atoms with van der Waals surface area (Å²) in [7, 11) is 0. The first-order valence-corrected chi connectivity index (χ1v) is 6.48. The first-order valence-electron chi connectivity index (χ1n) is 6.10. The van der Waals surface area contributed by atoms with Gasteiger partial charge in [0.15, 0.2) is 5.78 Å². The van der Waals surface area contributed by atoms with E-state index in [4.69, 9.17) is 16.3 Å². The minimum atomic E-state index is -0.226. The highest BCUT2D eigenvalue weighted by molar-refractivity contribution is 6.31. The van der Waals surface area contributed by atoms with Crippen LogP contribution in [0.3, 0.4) is 0 Å². The van der Waals surface area contributed by atoms with Crippen LogP contribution >= 0.6 is 11.6 Å². The van der Waals surface area contributed by atoms with Crippen LogP contribution < -0.4 is 0 Å². The summed E-state index contributed by atoms with van der Waals surface area (Å²) in [5.41, 5.74) is 0.893. The summed E-state index contributed by atoms with van der Waals surface area (Å²) < 4.78 is 5.55. The molecule has 17 heavy (non-hydrogen) atoms. The van der Waals surface area contributed by atoms with Crippen molar-refractivity contribution < 1.29 is 9.53 Å². The zero-order chi connectivity index (χ0) is 12.3. The summed E-state index contributed by atoms with van der Waals surface area (Å²) in [4.78, 5) is 12.2. The molecule has 92 valence electrons. The number of Topliss-reactive ketones (excluding diaryl/α,β-unsaturated/α-hetero) is 1. The van der Waals surface area contributed by atoms with E-state index in [2.05, 4.69) is 0 Å². The Balaban J connectivity index is 2.02. The molecule has 1 aromatic carbocycles. The van der Waals surface area contributed by atoms with Crippen molar-refractivity contribution in [3.8, 4) is 0 Å². The zero-order valence-corrected chi connectivity index (χ0v) is 10.7. The van der Waals surface area contributed by atoms with Crippen LogP contribution in [0.2, 0.25) is 5.02 Å². The normalized spacial score (nSPS) is 16.8. The minimum absolute atomic E-state index is 0.155. The topological polar surface area (TPSA) is 26.3 Å². The molecule has 1 fully saturated rings. The first kappa shape index (κ1) is 12.6. The van der Waals surface area contributed by atoms with Gasteiger partial charge >= 0.3 is 0 Å². The van der Waals surface area contributed by atoms with Gasteiger partial charge < -0.3 is 4.74 Å². The fourth-order valence-electron chi connectivity index (χ4n) is 2.00. The molecule has 3 heteroatoms. The van der Waals surface area contributed by atoms with E-state index in [0.29, 0.717) is 24.0 Å². The predicted octanol–water partition coefficient (Wildman–Crippen LogP) is 3.27. The lowest BCUT2D eigenvalue weighted by atomic mass is 10.0. The average Bonchev–Trinajstić information content (AvgIpc) is 3.13. The number of ketones is 1. The van der Waals surface area contributed by atoms with Gasteiger partial charge in [-0.3, -0.25) is 4.79 Å². The predicted molar refractivity (Wildman–Crippen MR) is 68.3 cm³/mol. The summed E-state index contributed by atoms with van der Waals surface area (Å²) >= 11 is 6.05. The Morgan fingerprint density at radius 1 is 1.47 bits per heavy atom. The second kappa shape index (κ2) is 5.65. The average molecular weight is 253 g/mol. The number of carbonyl (C=O) groups is 1. The molecule has 0 saturated heterocycles. The maximum Gasteiger partial charge on any atom is 0.166 e. The molecule has 0 spiro atoms. The zero-order valence-electron chi connectivity index (χ0n) is 9.99. The summed E-state index contributed by atoms with van der Waals surface area (Å²) in [6.07, 6.45) is 2.37. The van der Waals surface area contributed by atoms with E-state index in [1.54, 1.807) is 0 Å². The second-order valence-corrected chi connectivity index (χ2v) is 4.86. The fraction of sp³-hybridized carbons (Fsp3) is 0.500. The van der Waals surface area contributed by atoms with Gasteiger partial charge in [0.2, 0.25) is 0 Å². The van der Waals surface area contributed by atoms with E-state index in [0.717, 1.165) is 18.4 Å². The van der Waals surface area contributed by atoms with Crippen molar-refractivity contribution in [1.29, 1.82) is 0 Å². The molecule has 0 aliphatic heterocycles. The van der Waals surface area contributed by atoms with Gasteiger partial charge in [-0.1, -0.05) is 29.8 Å². The molecule has 1 aromatic rings. The number of hydrogen-bond donors (Lipinski definition) is 0. The number of carbonyl (C=O) groups excluding carboxylic acids is 1. The van der Waals surface area contributed by atoms with E-state index in [9.17, 15) is 4.79 Å². The maximum absolute atomic E-state index is 12.2. The number of ether oxygens (including phenoxy) is 1. The molecule has 0 aromatic heterocycles. The van der Waals surface area contributed by atoms with E-state index >= 15 is 0 Å². The van der Waals surface area contributed by atoms with Gasteiger partial charge in [-0.15, -0.1) is 0 Å². The molecule has 1 unspecified atom stereocenters. The summed E-state index contributed by atoms with van der Waals surface area (Å²) in [6, 6.07) is 7.49. The van der Waals surface area contributed by atoms with Crippen molar-refractivity contribution in [2.75, 3.05) is 6.61 Å². The van der Waals surface area contributed by atoms with Gasteiger partial charge in [0.25, 0.3) is 0 Å². The highest BCUT2D eigenvalue weighted by Gasteiger charge is 2.36. The number of rotatable bonds is 6. The number of hydrogen-bond acceptors (Lipinski definition) is 2. The third-order valence-corrected chi connectivity index (χ3v) is 3.40. The molecule has 1 aliphatic rings. The summed E-state index contributed by atoms with van der Waals surface area (Å²) in [6.45, 7) is 2.52. The Kier molecular flexibility index (Phi) is 4.19. The monoisotopic (exact) mass is 252 g/mol. The van der Waals surface area contributed by atoms with E-state index in [-0.39, 0.29) is 11.9 Å². The van der Waals surface area contributed by atoms with Crippen molar-refractivity contribution in [2.45, 2.75) is 32.3 Å². The Morgan fingerprint density at radius 3 is 2.76 bits per heavy atom. The van der Waals surface area contributed by atoms with Crippen molar-refractivity contribution in [3.63, 3.8) is 0 Å². The smallest absolute Gasteiger partial charge is 0.166 e. The van der Waals surface area contributed by atoms with Crippen molar-refractivity contribution in [3.05, 3.63) is 34.9 Å². The highest BCUT2D eigenvalue weighted by atomic mass is 35.5. The molecule has 0 bridgehead atoms. The second-order valence-electron chi connectivity index (χ2n) is 4.45. The number of benzene rings is 1. The molecule has 0 heterocycles. The molecule has 0 N–H and O–H groups in total. The van der Waals surface area contributed by atoms with Gasteiger partial charge in [0.1, 0.15) is 6.10 Å². The van der Waals surface area contributed by atoms with E-state index in [1.807, 2.05) is 31.2 Å². The molecule has 2 rings (SSSR count). The van der Waals surface area contributed by atoms with Crippen LogP contribution in [0.4, 0.5) is 0 Å². The molecule has 0 radical (unpaired) electrons. The van der Waals surface area contributed by atoms with Crippen molar-refractivity contribution in [1.82, 2.24) is 0 Å². The molecule has 2 nitrogen and oxygen atoms in total. The maximum atomic E-state index is 12.2. The fourth-order valence-corrected chi connectivity index (χ4v) is 2.20. The standard InChI is InChI=1S/C14H17ClO2/c1-2-17-14(10-7-8-10)13(16)9-11-5-3-4-6-12(11)15/h3-6,10,14H,2,7-9H2,1H3. The van der Waals surface area contributed by atoms with Crippen LogP contribution in [0.1, 0.15) is 25.3 Å². The molecular formula is C14H17ClO2. The Labute approximate surface area is 107 Å². The summed E-state index contributed by atoms with van der Waals surface area (Å²) in [5.74, 6) is 0.590. The lowest BCUT2D eigenvalue weighted by Crippen LogP contribution is -2.28. The Hall–Kier alpha value is -0.860. The SMILES string of the molecule is CCOC(C(=O)Cc1ccccc1Cl)C1CC1. The molecular weight excluding hydrogens is 236 g/mol. The number of halogens is 1. The van der Waals surface area contributed by atoms with E-state index < -0.39 is 0 Å². The van der Waals surface area contributed by atoms with Crippen LogP contribution in [0.25, 0.3) is 0 Å². The van der Waals surface area contributed by atoms with Crippen LogP contribution in [0.15, 0.2) is 24.3 Å². The third kappa shape index (κ3) is 3.30. The quantitative estimate of drug-likeness (QED) is 0.777. The van der Waals surface area contributed by atoms with Gasteiger partial charge in [-0.05, 0) is 37.3 Å². The van der Waals surface area contributed by atoms with Crippen LogP contribution in [0.5, 0.6) is 0 Å². The molecule has 1 aliphatic carbocycles. The molecule has 1 atom stereocenters. The molecule has 0 amide bonds. The first-order chi connectivity index (χ1) is 8.22. The Morgan fingerprint density at radius 2 is 2.18 bits per heavy atom. The third-order valence-electron chi connectivity index (χ3n) is 3.04. The minimum Gasteiger partial charge on any atom is -0.370 e. The Bertz CT molecular complexity index is 399. The lowest BCUT2D eigenvalue weighted by molar-refractivity contribution is -0.130. The van der Waals surface area contributed by atoms with Gasteiger partial charge in [-0.25, -0.2) is 0 Å². The molecule has 1 saturated carbocycles. The van der Waals surface area contributed by atoms with Gasteiger partial charge in [0, 0.05) is 18.1 Å². The summed E-state index contributed by atoms with van der Waals surface area (Å²) in [5, 5.41) is 0.659. The van der Waals surface area contributed by atoms with Gasteiger partial charge in [-0.2, -0.15) is 0 Å². The van der Waals surface area contributed by atoms with Crippen LogP contribution in [-0.2, 0) is 16.0 Å². The van der Waals surface area contributed by atoms with Crippen LogP contribution in [0, 0.1) is 5.92 Å². The van der Waals surface area contributed by atoms with Crippen molar-refractivity contribution in [2.24, 2.45) is 5.92 Å². The highest BCUT2D eigenvalue weighted by Crippen LogP contribution is 2.35.